The second-order valence-corrected chi connectivity index (χ2v) is 12.6. The van der Waals surface area contributed by atoms with E-state index in [-0.39, 0.29) is 47.5 Å². The lowest BCUT2D eigenvalue weighted by Gasteiger charge is -2.36. The van der Waals surface area contributed by atoms with Crippen molar-refractivity contribution in [1.29, 1.82) is 0 Å². The molecule has 4 heterocycles. The monoisotopic (exact) mass is 642 g/mol. The molecule has 0 spiro atoms. The SMILES string of the molecule is Nc1cn([C@H]2CC[C@H](CN3CCC(OCCCOc4cccc5c4C(=O)N(C4CCC(=O)NC4=O)C5=O)CC3)CC2)nc1C(F)F. The summed E-state index contributed by atoms with van der Waals surface area (Å²) in [5.41, 5.74) is 5.78. The number of benzene rings is 1. The van der Waals surface area contributed by atoms with E-state index in [0.29, 0.717) is 31.3 Å². The van der Waals surface area contributed by atoms with E-state index in [2.05, 4.69) is 15.3 Å². The number of ether oxygens (including phenoxy) is 2. The lowest BCUT2D eigenvalue weighted by Crippen LogP contribution is -2.54. The molecule has 1 aliphatic carbocycles. The lowest BCUT2D eigenvalue weighted by atomic mass is 9.85. The van der Waals surface area contributed by atoms with Crippen LogP contribution >= 0.6 is 0 Å². The fourth-order valence-corrected chi connectivity index (χ4v) is 7.09. The number of anilines is 1. The molecule has 1 atom stereocenters. The Labute approximate surface area is 265 Å². The Hall–Kier alpha value is -3.91. The molecule has 3 aliphatic heterocycles. The van der Waals surface area contributed by atoms with Gasteiger partial charge in [-0.1, -0.05) is 6.07 Å². The average Bonchev–Trinajstić information content (AvgIpc) is 3.55. The number of amides is 4. The van der Waals surface area contributed by atoms with Crippen molar-refractivity contribution < 1.29 is 37.4 Å². The maximum Gasteiger partial charge on any atom is 0.284 e. The normalized spacial score (nSPS) is 24.5. The Kier molecular flexibility index (Phi) is 9.64. The summed E-state index contributed by atoms with van der Waals surface area (Å²) in [5, 5.41) is 6.24. The predicted molar refractivity (Wildman–Crippen MR) is 161 cm³/mol. The van der Waals surface area contributed by atoms with Gasteiger partial charge in [-0.05, 0) is 63.0 Å². The van der Waals surface area contributed by atoms with E-state index in [1.165, 1.54) is 0 Å². The van der Waals surface area contributed by atoms with Crippen LogP contribution in [0.4, 0.5) is 14.5 Å². The number of nitrogens with two attached hydrogens (primary N) is 1. The molecule has 4 aliphatic rings. The highest BCUT2D eigenvalue weighted by molar-refractivity contribution is 6.24. The van der Waals surface area contributed by atoms with Crippen molar-refractivity contribution in [3.05, 3.63) is 41.2 Å². The number of fused-ring (bicyclic) bond motifs is 1. The number of hydrogen-bond donors (Lipinski definition) is 2. The van der Waals surface area contributed by atoms with Gasteiger partial charge in [0.25, 0.3) is 18.2 Å². The molecule has 0 bridgehead atoms. The number of carbonyl (C=O) groups excluding carboxylic acids is 4. The molecule has 6 rings (SSSR count). The number of carbonyl (C=O) groups is 4. The first-order chi connectivity index (χ1) is 22.2. The zero-order chi connectivity index (χ0) is 32.4. The summed E-state index contributed by atoms with van der Waals surface area (Å²) in [4.78, 5) is 53.5. The molecule has 46 heavy (non-hydrogen) atoms. The summed E-state index contributed by atoms with van der Waals surface area (Å²) in [6, 6.07) is 3.92. The molecule has 3 fully saturated rings. The van der Waals surface area contributed by atoms with Gasteiger partial charge in [-0.2, -0.15) is 5.10 Å². The van der Waals surface area contributed by atoms with Crippen LogP contribution in [-0.2, 0) is 14.3 Å². The lowest BCUT2D eigenvalue weighted by molar-refractivity contribution is -0.136. The molecule has 3 N–H and O–H groups in total. The topological polar surface area (TPSA) is 149 Å². The first-order valence-electron chi connectivity index (χ1n) is 16.1. The number of hydrogen-bond acceptors (Lipinski definition) is 9. The van der Waals surface area contributed by atoms with Crippen molar-refractivity contribution in [2.75, 3.05) is 38.6 Å². The summed E-state index contributed by atoms with van der Waals surface area (Å²) in [7, 11) is 0. The van der Waals surface area contributed by atoms with E-state index in [1.54, 1.807) is 29.1 Å². The Balaban J connectivity index is 0.889. The van der Waals surface area contributed by atoms with Crippen LogP contribution in [0, 0.1) is 5.92 Å². The van der Waals surface area contributed by atoms with Gasteiger partial charge in [0.05, 0.1) is 42.2 Å². The van der Waals surface area contributed by atoms with Crippen molar-refractivity contribution in [2.45, 2.75) is 82.4 Å². The van der Waals surface area contributed by atoms with Gasteiger partial charge in [0, 0.05) is 38.7 Å². The second-order valence-electron chi connectivity index (χ2n) is 12.6. The maximum atomic E-state index is 13.2. The van der Waals surface area contributed by atoms with Crippen molar-refractivity contribution in [2.24, 2.45) is 5.92 Å². The highest BCUT2D eigenvalue weighted by Crippen LogP contribution is 2.36. The number of halogens is 2. The number of nitrogens with one attached hydrogen (secondary N) is 1. The van der Waals surface area contributed by atoms with Crippen LogP contribution in [0.3, 0.4) is 0 Å². The minimum Gasteiger partial charge on any atom is -0.493 e. The summed E-state index contributed by atoms with van der Waals surface area (Å²) < 4.78 is 39.8. The maximum absolute atomic E-state index is 13.2. The second kappa shape index (κ2) is 13.8. The number of aromatic nitrogens is 2. The highest BCUT2D eigenvalue weighted by atomic mass is 19.3. The van der Waals surface area contributed by atoms with Gasteiger partial charge in [0.15, 0.2) is 5.69 Å². The van der Waals surface area contributed by atoms with Crippen LogP contribution in [0.15, 0.2) is 24.4 Å². The van der Waals surface area contributed by atoms with Crippen molar-refractivity contribution in [3.8, 4) is 5.75 Å². The Bertz CT molecular complexity index is 1470. The number of imide groups is 2. The largest absolute Gasteiger partial charge is 0.493 e. The van der Waals surface area contributed by atoms with Crippen molar-refractivity contribution in [3.63, 3.8) is 0 Å². The number of nitrogen functional groups attached to an aromatic ring is 1. The Morgan fingerprint density at radius 1 is 0.978 bits per heavy atom. The molecule has 14 heteroatoms. The molecular weight excluding hydrogens is 602 g/mol. The molecule has 248 valence electrons. The predicted octanol–water partition coefficient (Wildman–Crippen LogP) is 3.49. The molecule has 2 aromatic rings. The van der Waals surface area contributed by atoms with Crippen LogP contribution in [-0.4, -0.2) is 88.2 Å². The molecule has 1 aromatic carbocycles. The van der Waals surface area contributed by atoms with Gasteiger partial charge in [0.1, 0.15) is 11.8 Å². The van der Waals surface area contributed by atoms with Gasteiger partial charge in [-0.15, -0.1) is 0 Å². The fraction of sp³-hybridized carbons (Fsp3) is 0.594. The molecular formula is C32H40F2N6O6. The van der Waals surface area contributed by atoms with Gasteiger partial charge < -0.3 is 20.1 Å². The minimum absolute atomic E-state index is 0.0587. The summed E-state index contributed by atoms with van der Waals surface area (Å²) in [5.74, 6) is -1.35. The fourth-order valence-electron chi connectivity index (χ4n) is 7.09. The number of rotatable bonds is 11. The van der Waals surface area contributed by atoms with Crippen molar-refractivity contribution >= 4 is 29.3 Å². The first kappa shape index (κ1) is 32.0. The molecule has 12 nitrogen and oxygen atoms in total. The minimum atomic E-state index is -2.66. The van der Waals surface area contributed by atoms with E-state index in [1.807, 2.05) is 0 Å². The van der Waals surface area contributed by atoms with Crippen LogP contribution < -0.4 is 15.8 Å². The van der Waals surface area contributed by atoms with E-state index < -0.39 is 36.1 Å². The third kappa shape index (κ3) is 6.77. The van der Waals surface area contributed by atoms with Crippen LogP contribution in [0.5, 0.6) is 5.75 Å². The highest BCUT2D eigenvalue weighted by Gasteiger charge is 2.46. The third-order valence-electron chi connectivity index (χ3n) is 9.57. The zero-order valence-corrected chi connectivity index (χ0v) is 25.7. The summed E-state index contributed by atoms with van der Waals surface area (Å²) >= 11 is 0. The van der Waals surface area contributed by atoms with Crippen LogP contribution in [0.2, 0.25) is 0 Å². The number of likely N-dealkylation sites (tertiary alicyclic amines) is 1. The van der Waals surface area contributed by atoms with Gasteiger partial charge in [0.2, 0.25) is 11.8 Å². The molecule has 1 saturated carbocycles. The summed E-state index contributed by atoms with van der Waals surface area (Å²) in [6.45, 7) is 3.76. The van der Waals surface area contributed by atoms with Crippen LogP contribution in [0.1, 0.15) is 96.7 Å². The number of nitrogens with zero attached hydrogens (tertiary/aromatic N) is 4. The van der Waals surface area contributed by atoms with E-state index >= 15 is 0 Å². The van der Waals surface area contributed by atoms with E-state index in [9.17, 15) is 28.0 Å². The molecule has 0 radical (unpaired) electrons. The molecule has 1 unspecified atom stereocenters. The third-order valence-corrected chi connectivity index (χ3v) is 9.57. The summed E-state index contributed by atoms with van der Waals surface area (Å²) in [6.07, 6.45) is 5.58. The standard InChI is InChI=1S/C32H40F2N6O6/c33-29(34)28-23(35)18-39(37-28)20-7-5-19(6-8-20)17-38-13-11-21(12-14-38)45-15-2-16-46-25-4-1-3-22-27(25)32(44)40(31(22)43)24-9-10-26(41)36-30(24)42/h1,3-4,18-21,24,29H,2,5-17,35H2,(H,36,41,42)/t19-,20-,24?. The molecule has 1 aromatic heterocycles. The molecule has 4 amide bonds. The number of piperidine rings is 2. The smallest absolute Gasteiger partial charge is 0.284 e. The van der Waals surface area contributed by atoms with Crippen molar-refractivity contribution in [1.82, 2.24) is 24.9 Å². The van der Waals surface area contributed by atoms with Crippen LogP contribution in [0.25, 0.3) is 0 Å². The van der Waals surface area contributed by atoms with Gasteiger partial charge >= 0.3 is 0 Å². The van der Waals surface area contributed by atoms with Gasteiger partial charge in [-0.25, -0.2) is 8.78 Å². The first-order valence-corrected chi connectivity index (χ1v) is 16.1. The Morgan fingerprint density at radius 2 is 1.74 bits per heavy atom. The quantitative estimate of drug-likeness (QED) is 0.278. The van der Waals surface area contributed by atoms with E-state index in [0.717, 1.165) is 63.1 Å². The number of alkyl halides is 2. The Morgan fingerprint density at radius 3 is 2.43 bits per heavy atom. The van der Waals surface area contributed by atoms with Gasteiger partial charge in [-0.3, -0.25) is 34.1 Å². The zero-order valence-electron chi connectivity index (χ0n) is 25.7. The average molecular weight is 643 g/mol. The van der Waals surface area contributed by atoms with E-state index in [4.69, 9.17) is 15.2 Å². The molecule has 2 saturated heterocycles.